The molecule has 0 amide bonds. The molecule has 0 spiro atoms. The van der Waals surface area contributed by atoms with Crippen molar-refractivity contribution in [3.05, 3.63) is 23.8 Å². The molecule has 0 aliphatic carbocycles. The number of aliphatic carboxylic acids is 1. The molecule has 19 heavy (non-hydrogen) atoms. The first-order valence-corrected chi connectivity index (χ1v) is 6.55. The average Bonchev–Trinajstić information content (AvgIpc) is 2.79. The molecule has 104 valence electrons. The number of ether oxygens (including phenoxy) is 2. The second-order valence-corrected chi connectivity index (χ2v) is 4.47. The molecule has 0 bridgehead atoms. The fraction of sp³-hybridized carbons (Fsp3) is 0.500. The summed E-state index contributed by atoms with van der Waals surface area (Å²) in [6.07, 6.45) is -0.392. The first-order chi connectivity index (χ1) is 9.15. The van der Waals surface area contributed by atoms with Crippen LogP contribution in [0.1, 0.15) is 31.9 Å². The lowest BCUT2D eigenvalue weighted by atomic mass is 10.1. The Morgan fingerprint density at radius 2 is 2.37 bits per heavy atom. The van der Waals surface area contributed by atoms with Crippen molar-refractivity contribution in [3.63, 3.8) is 0 Å². The van der Waals surface area contributed by atoms with Crippen molar-refractivity contribution in [1.29, 1.82) is 0 Å². The predicted molar refractivity (Wildman–Crippen MR) is 70.7 cm³/mol. The summed E-state index contributed by atoms with van der Waals surface area (Å²) in [5.74, 6) is 0.350. The van der Waals surface area contributed by atoms with Gasteiger partial charge in [0.2, 0.25) is 0 Å². The van der Waals surface area contributed by atoms with Crippen LogP contribution in [-0.2, 0) is 4.79 Å². The Labute approximate surface area is 112 Å². The standard InChI is InChI=1S/C14H19NO4/c1-3-12(14(16)17)19-9-5-6-10-11(15-4-2)8-18-13(10)7-9/h5-7,11-12,15H,3-4,8H2,1-2H3,(H,16,17). The van der Waals surface area contributed by atoms with E-state index >= 15 is 0 Å². The molecule has 0 fully saturated rings. The third kappa shape index (κ3) is 2.98. The topological polar surface area (TPSA) is 67.8 Å². The van der Waals surface area contributed by atoms with Gasteiger partial charge in [-0.25, -0.2) is 4.79 Å². The van der Waals surface area contributed by atoms with Crippen molar-refractivity contribution in [3.8, 4) is 11.5 Å². The normalized spacial score (nSPS) is 18.5. The highest BCUT2D eigenvalue weighted by Gasteiger charge is 2.24. The van der Waals surface area contributed by atoms with Crippen molar-refractivity contribution < 1.29 is 19.4 Å². The minimum Gasteiger partial charge on any atom is -0.491 e. The molecule has 1 aliphatic heterocycles. The van der Waals surface area contributed by atoms with Gasteiger partial charge >= 0.3 is 5.97 Å². The summed E-state index contributed by atoms with van der Waals surface area (Å²) >= 11 is 0. The van der Waals surface area contributed by atoms with Crippen LogP contribution in [0.2, 0.25) is 0 Å². The molecule has 1 aromatic rings. The molecule has 5 nitrogen and oxygen atoms in total. The zero-order chi connectivity index (χ0) is 13.8. The SMILES string of the molecule is CCNC1COc2cc(OC(CC)C(=O)O)ccc21. The Hall–Kier alpha value is -1.75. The quantitative estimate of drug-likeness (QED) is 0.823. The molecule has 1 aliphatic rings. The molecule has 2 unspecified atom stereocenters. The largest absolute Gasteiger partial charge is 0.491 e. The molecular weight excluding hydrogens is 246 g/mol. The average molecular weight is 265 g/mol. The van der Waals surface area contributed by atoms with Crippen molar-refractivity contribution in [1.82, 2.24) is 5.32 Å². The lowest BCUT2D eigenvalue weighted by Gasteiger charge is -2.14. The van der Waals surface area contributed by atoms with E-state index in [-0.39, 0.29) is 6.04 Å². The number of carbonyl (C=O) groups is 1. The summed E-state index contributed by atoms with van der Waals surface area (Å²) in [6, 6.07) is 5.69. The van der Waals surface area contributed by atoms with Crippen LogP contribution >= 0.6 is 0 Å². The molecule has 2 N–H and O–H groups in total. The van der Waals surface area contributed by atoms with Crippen LogP contribution in [0.25, 0.3) is 0 Å². The van der Waals surface area contributed by atoms with Gasteiger partial charge < -0.3 is 19.9 Å². The minimum absolute atomic E-state index is 0.204. The summed E-state index contributed by atoms with van der Waals surface area (Å²) in [7, 11) is 0. The van der Waals surface area contributed by atoms with Crippen molar-refractivity contribution in [2.24, 2.45) is 0 Å². The summed E-state index contributed by atoms with van der Waals surface area (Å²) in [5.41, 5.74) is 1.09. The summed E-state index contributed by atoms with van der Waals surface area (Å²) < 4.78 is 11.0. The van der Waals surface area contributed by atoms with Crippen molar-refractivity contribution >= 4 is 5.97 Å². The number of carboxylic acid groups (broad SMARTS) is 1. The molecule has 5 heteroatoms. The third-order valence-electron chi connectivity index (χ3n) is 3.14. The molecule has 2 rings (SSSR count). The van der Waals surface area contributed by atoms with Gasteiger partial charge in [-0.05, 0) is 25.1 Å². The number of benzene rings is 1. The van der Waals surface area contributed by atoms with Gasteiger partial charge in [0.25, 0.3) is 0 Å². The first-order valence-electron chi connectivity index (χ1n) is 6.55. The number of nitrogens with one attached hydrogen (secondary N) is 1. The van der Waals surface area contributed by atoms with E-state index in [1.807, 2.05) is 13.0 Å². The molecular formula is C14H19NO4. The number of rotatable bonds is 6. The van der Waals surface area contributed by atoms with Gasteiger partial charge in [-0.1, -0.05) is 13.8 Å². The van der Waals surface area contributed by atoms with Crippen LogP contribution in [0.4, 0.5) is 0 Å². The first kappa shape index (κ1) is 13.7. The highest BCUT2D eigenvalue weighted by Crippen LogP contribution is 2.35. The molecule has 0 aromatic heterocycles. The third-order valence-corrected chi connectivity index (χ3v) is 3.14. The fourth-order valence-corrected chi connectivity index (χ4v) is 2.15. The number of carboxylic acids is 1. The van der Waals surface area contributed by atoms with E-state index < -0.39 is 12.1 Å². The zero-order valence-corrected chi connectivity index (χ0v) is 11.2. The second-order valence-electron chi connectivity index (χ2n) is 4.47. The van der Waals surface area contributed by atoms with Crippen LogP contribution in [-0.4, -0.2) is 30.3 Å². The van der Waals surface area contributed by atoms with E-state index in [1.54, 1.807) is 19.1 Å². The fourth-order valence-electron chi connectivity index (χ4n) is 2.15. The van der Waals surface area contributed by atoms with E-state index in [4.69, 9.17) is 14.6 Å². The second kappa shape index (κ2) is 5.93. The van der Waals surface area contributed by atoms with Gasteiger partial charge in [0, 0.05) is 11.6 Å². The summed E-state index contributed by atoms with van der Waals surface area (Å²) in [6.45, 7) is 5.31. The Morgan fingerprint density at radius 1 is 1.58 bits per heavy atom. The van der Waals surface area contributed by atoms with Gasteiger partial charge in [-0.15, -0.1) is 0 Å². The van der Waals surface area contributed by atoms with Crippen LogP contribution in [0.15, 0.2) is 18.2 Å². The van der Waals surface area contributed by atoms with Crippen molar-refractivity contribution in [2.45, 2.75) is 32.4 Å². The summed E-state index contributed by atoms with van der Waals surface area (Å²) in [4.78, 5) is 10.9. The molecule has 2 atom stereocenters. The maximum atomic E-state index is 10.9. The summed E-state index contributed by atoms with van der Waals surface area (Å²) in [5, 5.41) is 12.3. The Bertz CT molecular complexity index is 461. The van der Waals surface area contributed by atoms with Gasteiger partial charge in [0.1, 0.15) is 18.1 Å². The van der Waals surface area contributed by atoms with E-state index in [0.717, 1.165) is 17.9 Å². The molecule has 0 saturated carbocycles. The van der Waals surface area contributed by atoms with Crippen LogP contribution < -0.4 is 14.8 Å². The number of fused-ring (bicyclic) bond motifs is 1. The monoisotopic (exact) mass is 265 g/mol. The minimum atomic E-state index is -0.950. The molecule has 0 radical (unpaired) electrons. The van der Waals surface area contributed by atoms with Crippen LogP contribution in [0, 0.1) is 0 Å². The van der Waals surface area contributed by atoms with Crippen LogP contribution in [0.5, 0.6) is 11.5 Å². The molecule has 1 aromatic carbocycles. The van der Waals surface area contributed by atoms with Crippen molar-refractivity contribution in [2.75, 3.05) is 13.2 Å². The van der Waals surface area contributed by atoms with E-state index in [2.05, 4.69) is 5.32 Å². The van der Waals surface area contributed by atoms with Gasteiger partial charge in [0.15, 0.2) is 6.10 Å². The Morgan fingerprint density at radius 3 is 3.00 bits per heavy atom. The molecule has 1 heterocycles. The number of hydrogen-bond acceptors (Lipinski definition) is 4. The zero-order valence-electron chi connectivity index (χ0n) is 11.2. The van der Waals surface area contributed by atoms with Gasteiger partial charge in [-0.2, -0.15) is 0 Å². The predicted octanol–water partition coefficient (Wildman–Crippen LogP) is 1.97. The van der Waals surface area contributed by atoms with Crippen LogP contribution in [0.3, 0.4) is 0 Å². The number of hydrogen-bond donors (Lipinski definition) is 2. The molecule has 0 saturated heterocycles. The van der Waals surface area contributed by atoms with Gasteiger partial charge in [0.05, 0.1) is 6.04 Å². The maximum Gasteiger partial charge on any atom is 0.344 e. The Kier molecular flexibility index (Phi) is 4.27. The van der Waals surface area contributed by atoms with E-state index in [1.165, 1.54) is 0 Å². The lowest BCUT2D eigenvalue weighted by molar-refractivity contribution is -0.145. The number of likely N-dealkylation sites (N-methyl/N-ethyl adjacent to an activating group) is 1. The van der Waals surface area contributed by atoms with E-state index in [9.17, 15) is 4.79 Å². The van der Waals surface area contributed by atoms with Gasteiger partial charge in [-0.3, -0.25) is 0 Å². The highest BCUT2D eigenvalue weighted by atomic mass is 16.5. The van der Waals surface area contributed by atoms with E-state index in [0.29, 0.717) is 18.8 Å². The lowest BCUT2D eigenvalue weighted by Crippen LogP contribution is -2.25. The smallest absolute Gasteiger partial charge is 0.344 e. The Balaban J connectivity index is 2.12. The highest BCUT2D eigenvalue weighted by molar-refractivity contribution is 5.72. The maximum absolute atomic E-state index is 10.9.